The zero-order valence-electron chi connectivity index (χ0n) is 12.7. The Morgan fingerprint density at radius 3 is 2.67 bits per heavy atom. The number of halogens is 2. The molecule has 1 amide bonds. The van der Waals surface area contributed by atoms with Crippen LogP contribution in [0.1, 0.15) is 50.7 Å². The highest BCUT2D eigenvalue weighted by molar-refractivity contribution is 6.33. The molecule has 1 aliphatic rings. The zero-order chi connectivity index (χ0) is 17.3. The molecule has 0 aliphatic heterocycles. The number of carbonyl (C=O) groups is 2. The molecule has 24 heavy (non-hydrogen) atoms. The highest BCUT2D eigenvalue weighted by atomic mass is 35.5. The van der Waals surface area contributed by atoms with E-state index in [1.54, 1.807) is 24.3 Å². The van der Waals surface area contributed by atoms with Gasteiger partial charge in [0.1, 0.15) is 5.82 Å². The number of fused-ring (bicyclic) bond motifs is 1. The number of hydrogen-bond acceptors (Lipinski definition) is 2. The van der Waals surface area contributed by atoms with Crippen molar-refractivity contribution >= 4 is 23.5 Å². The fourth-order valence-electron chi connectivity index (χ4n) is 3.02. The number of aromatic carboxylic acids is 1. The number of nitrogens with one attached hydrogen (secondary N) is 1. The molecular formula is C18H15ClFNO3. The normalized spacial score (nSPS) is 16.3. The second-order valence-electron chi connectivity index (χ2n) is 5.73. The van der Waals surface area contributed by atoms with Gasteiger partial charge in [0, 0.05) is 0 Å². The fraction of sp³-hybridized carbons (Fsp3) is 0.222. The van der Waals surface area contributed by atoms with E-state index in [1.165, 1.54) is 12.1 Å². The molecule has 0 heterocycles. The first-order valence-electron chi connectivity index (χ1n) is 7.58. The van der Waals surface area contributed by atoms with Gasteiger partial charge >= 0.3 is 5.97 Å². The van der Waals surface area contributed by atoms with E-state index in [0.717, 1.165) is 12.0 Å². The Morgan fingerprint density at radius 1 is 1.21 bits per heavy atom. The van der Waals surface area contributed by atoms with Gasteiger partial charge in [-0.05, 0) is 54.7 Å². The fourth-order valence-corrected chi connectivity index (χ4v) is 3.24. The molecule has 1 unspecified atom stereocenters. The molecule has 4 nitrogen and oxygen atoms in total. The third kappa shape index (κ3) is 3.12. The molecule has 2 aromatic carbocycles. The summed E-state index contributed by atoms with van der Waals surface area (Å²) >= 11 is 6.04. The molecule has 0 radical (unpaired) electrons. The van der Waals surface area contributed by atoms with E-state index in [0.29, 0.717) is 29.0 Å². The van der Waals surface area contributed by atoms with E-state index in [-0.39, 0.29) is 17.5 Å². The summed E-state index contributed by atoms with van der Waals surface area (Å²) in [5, 5.41) is 12.3. The standard InChI is InChI=1S/C18H15ClFNO3/c19-14-6-2-1-5-11(14)17(22)21-16-7-3-4-10-8-15(20)13(18(23)24)9-12(10)16/h1-2,5-6,8-9,16H,3-4,7H2,(H,21,22)(H,23,24). The number of aryl methyl sites for hydroxylation is 1. The van der Waals surface area contributed by atoms with Gasteiger partial charge in [0.15, 0.2) is 0 Å². The Morgan fingerprint density at radius 2 is 1.96 bits per heavy atom. The SMILES string of the molecule is O=C(O)c1cc2c(cc1F)CCCC2NC(=O)c1ccccc1Cl. The first-order chi connectivity index (χ1) is 11.5. The minimum atomic E-state index is -1.32. The first-order valence-corrected chi connectivity index (χ1v) is 7.96. The molecular weight excluding hydrogens is 333 g/mol. The van der Waals surface area contributed by atoms with Gasteiger partial charge in [0.2, 0.25) is 0 Å². The minimum absolute atomic E-state index is 0.334. The summed E-state index contributed by atoms with van der Waals surface area (Å²) in [7, 11) is 0. The summed E-state index contributed by atoms with van der Waals surface area (Å²) in [6.45, 7) is 0. The van der Waals surface area contributed by atoms with Crippen molar-refractivity contribution in [2.75, 3.05) is 0 Å². The summed E-state index contributed by atoms with van der Waals surface area (Å²) in [5.41, 5.74) is 1.35. The monoisotopic (exact) mass is 347 g/mol. The Balaban J connectivity index is 1.92. The summed E-state index contributed by atoms with van der Waals surface area (Å²) in [6.07, 6.45) is 2.10. The lowest BCUT2D eigenvalue weighted by Crippen LogP contribution is -2.31. The van der Waals surface area contributed by atoms with Gasteiger partial charge in [0.25, 0.3) is 5.91 Å². The van der Waals surface area contributed by atoms with Gasteiger partial charge in [-0.1, -0.05) is 23.7 Å². The van der Waals surface area contributed by atoms with Crippen LogP contribution < -0.4 is 5.32 Å². The maximum absolute atomic E-state index is 13.9. The number of carbonyl (C=O) groups excluding carboxylic acids is 1. The molecule has 0 spiro atoms. The van der Waals surface area contributed by atoms with E-state index in [9.17, 15) is 14.0 Å². The number of hydrogen-bond donors (Lipinski definition) is 2. The van der Waals surface area contributed by atoms with Crippen molar-refractivity contribution < 1.29 is 19.1 Å². The smallest absolute Gasteiger partial charge is 0.338 e. The molecule has 1 aliphatic carbocycles. The van der Waals surface area contributed by atoms with Crippen molar-refractivity contribution in [2.24, 2.45) is 0 Å². The lowest BCUT2D eigenvalue weighted by molar-refractivity contribution is 0.0691. The van der Waals surface area contributed by atoms with Gasteiger partial charge in [-0.25, -0.2) is 9.18 Å². The first kappa shape index (κ1) is 16.5. The van der Waals surface area contributed by atoms with Crippen LogP contribution in [-0.2, 0) is 6.42 Å². The average Bonchev–Trinajstić information content (AvgIpc) is 2.54. The summed E-state index contributed by atoms with van der Waals surface area (Å²) in [4.78, 5) is 23.6. The summed E-state index contributed by atoms with van der Waals surface area (Å²) in [5.74, 6) is -2.41. The quantitative estimate of drug-likeness (QED) is 0.882. The topological polar surface area (TPSA) is 66.4 Å². The predicted molar refractivity (Wildman–Crippen MR) is 88.0 cm³/mol. The zero-order valence-corrected chi connectivity index (χ0v) is 13.4. The molecule has 1 atom stereocenters. The van der Waals surface area contributed by atoms with Crippen LogP contribution in [-0.4, -0.2) is 17.0 Å². The van der Waals surface area contributed by atoms with Crippen LogP contribution in [0.2, 0.25) is 5.02 Å². The second-order valence-corrected chi connectivity index (χ2v) is 6.14. The van der Waals surface area contributed by atoms with Crippen LogP contribution in [0, 0.1) is 5.82 Å². The molecule has 0 bridgehead atoms. The van der Waals surface area contributed by atoms with Crippen molar-refractivity contribution in [1.82, 2.24) is 5.32 Å². The highest BCUT2D eigenvalue weighted by Gasteiger charge is 2.26. The minimum Gasteiger partial charge on any atom is -0.478 e. The van der Waals surface area contributed by atoms with Crippen LogP contribution in [0.4, 0.5) is 4.39 Å². The Kier molecular flexibility index (Phi) is 4.53. The molecule has 124 valence electrons. The van der Waals surface area contributed by atoms with Crippen LogP contribution in [0.25, 0.3) is 0 Å². The van der Waals surface area contributed by atoms with Gasteiger partial charge in [-0.2, -0.15) is 0 Å². The van der Waals surface area contributed by atoms with Crippen molar-refractivity contribution in [3.05, 3.63) is 69.5 Å². The second kappa shape index (κ2) is 6.61. The Labute approximate surface area is 143 Å². The maximum atomic E-state index is 13.9. The third-order valence-corrected chi connectivity index (χ3v) is 4.53. The Hall–Kier alpha value is -2.40. The van der Waals surface area contributed by atoms with Crippen molar-refractivity contribution in [3.63, 3.8) is 0 Å². The lowest BCUT2D eigenvalue weighted by atomic mass is 9.86. The van der Waals surface area contributed by atoms with E-state index >= 15 is 0 Å². The molecule has 0 saturated heterocycles. The molecule has 0 aromatic heterocycles. The van der Waals surface area contributed by atoms with Crippen LogP contribution in [0.3, 0.4) is 0 Å². The molecule has 2 aromatic rings. The van der Waals surface area contributed by atoms with Gasteiger partial charge < -0.3 is 10.4 Å². The molecule has 0 saturated carbocycles. The number of rotatable bonds is 3. The summed E-state index contributed by atoms with van der Waals surface area (Å²) in [6, 6.07) is 8.91. The number of carboxylic acids is 1. The van der Waals surface area contributed by atoms with E-state index in [4.69, 9.17) is 16.7 Å². The number of amides is 1. The number of carboxylic acid groups (broad SMARTS) is 1. The van der Waals surface area contributed by atoms with Crippen molar-refractivity contribution in [1.29, 1.82) is 0 Å². The predicted octanol–water partition coefficient (Wildman–Crippen LogP) is 3.98. The Bertz CT molecular complexity index is 822. The van der Waals surface area contributed by atoms with Gasteiger partial charge in [-0.3, -0.25) is 4.79 Å². The third-order valence-electron chi connectivity index (χ3n) is 4.20. The average molecular weight is 348 g/mol. The largest absolute Gasteiger partial charge is 0.478 e. The van der Waals surface area contributed by atoms with E-state index in [1.807, 2.05) is 0 Å². The highest BCUT2D eigenvalue weighted by Crippen LogP contribution is 2.32. The van der Waals surface area contributed by atoms with Crippen LogP contribution >= 0.6 is 11.6 Å². The number of benzene rings is 2. The van der Waals surface area contributed by atoms with Crippen LogP contribution in [0.15, 0.2) is 36.4 Å². The van der Waals surface area contributed by atoms with E-state index in [2.05, 4.69) is 5.32 Å². The van der Waals surface area contributed by atoms with Gasteiger partial charge in [-0.15, -0.1) is 0 Å². The van der Waals surface area contributed by atoms with Crippen LogP contribution in [0.5, 0.6) is 0 Å². The maximum Gasteiger partial charge on any atom is 0.338 e. The van der Waals surface area contributed by atoms with Gasteiger partial charge in [0.05, 0.1) is 22.2 Å². The van der Waals surface area contributed by atoms with Crippen molar-refractivity contribution in [2.45, 2.75) is 25.3 Å². The summed E-state index contributed by atoms with van der Waals surface area (Å²) < 4.78 is 13.9. The molecule has 6 heteroatoms. The molecule has 2 N–H and O–H groups in total. The lowest BCUT2D eigenvalue weighted by Gasteiger charge is -2.27. The molecule has 0 fully saturated rings. The van der Waals surface area contributed by atoms with Crippen molar-refractivity contribution in [3.8, 4) is 0 Å². The van der Waals surface area contributed by atoms with E-state index < -0.39 is 11.8 Å². The molecule has 3 rings (SSSR count).